The van der Waals surface area contributed by atoms with E-state index in [2.05, 4.69) is 0 Å². The molecule has 16 heteroatoms. The Balaban J connectivity index is 1.66. The Bertz CT molecular complexity index is 637. The predicted molar refractivity (Wildman–Crippen MR) is 101 cm³/mol. The maximum atomic E-state index is 10.3. The van der Waals surface area contributed by atoms with Crippen LogP contribution in [0.2, 0.25) is 0 Å². The van der Waals surface area contributed by atoms with Crippen LogP contribution in [-0.4, -0.2) is 168 Å². The van der Waals surface area contributed by atoms with Crippen LogP contribution in [0, 0.1) is 0 Å². The van der Waals surface area contributed by atoms with Gasteiger partial charge in [-0.25, -0.2) is 0 Å². The van der Waals surface area contributed by atoms with E-state index in [1.165, 1.54) is 0 Å². The van der Waals surface area contributed by atoms with Crippen molar-refractivity contribution in [1.29, 1.82) is 0 Å². The zero-order valence-electron chi connectivity index (χ0n) is 17.7. The van der Waals surface area contributed by atoms with Crippen molar-refractivity contribution in [2.75, 3.05) is 19.8 Å². The summed E-state index contributed by atoms with van der Waals surface area (Å²) in [7, 11) is 0. The van der Waals surface area contributed by atoms with Crippen molar-refractivity contribution < 1.29 is 79.9 Å². The molecule has 0 amide bonds. The number of hydrogen-bond donors (Lipinski definition) is 11. The lowest BCUT2D eigenvalue weighted by Crippen LogP contribution is -2.65. The Hall–Kier alpha value is -0.640. The first-order valence-corrected chi connectivity index (χ1v) is 10.6. The fourth-order valence-electron chi connectivity index (χ4n) is 3.95. The third-order valence-corrected chi connectivity index (χ3v) is 6.07. The fourth-order valence-corrected chi connectivity index (χ4v) is 3.95. The average molecular weight is 504 g/mol. The summed E-state index contributed by atoms with van der Waals surface area (Å²) < 4.78 is 26.3. The van der Waals surface area contributed by atoms with Crippen molar-refractivity contribution >= 4 is 0 Å². The summed E-state index contributed by atoms with van der Waals surface area (Å²) in [6, 6.07) is 0. The van der Waals surface area contributed by atoms with E-state index in [9.17, 15) is 56.2 Å². The molecule has 0 aromatic heterocycles. The number of hydrogen-bond acceptors (Lipinski definition) is 16. The predicted octanol–water partition coefficient (Wildman–Crippen LogP) is -7.57. The summed E-state index contributed by atoms with van der Waals surface area (Å²) in [5.41, 5.74) is 0. The Kier molecular flexibility index (Phi) is 9.54. The maximum absolute atomic E-state index is 10.3. The highest BCUT2D eigenvalue weighted by Gasteiger charge is 2.51. The second-order valence-electron chi connectivity index (χ2n) is 8.37. The quantitative estimate of drug-likeness (QED) is 0.154. The second-order valence-corrected chi connectivity index (χ2v) is 8.37. The molecule has 200 valence electrons. The van der Waals surface area contributed by atoms with Crippen LogP contribution in [0.4, 0.5) is 0 Å². The van der Waals surface area contributed by atoms with Gasteiger partial charge in [0.05, 0.1) is 19.8 Å². The summed E-state index contributed by atoms with van der Waals surface area (Å²) >= 11 is 0. The van der Waals surface area contributed by atoms with E-state index in [4.69, 9.17) is 23.7 Å². The summed E-state index contributed by atoms with van der Waals surface area (Å²) in [5, 5.41) is 109. The molecule has 0 aliphatic carbocycles. The Morgan fingerprint density at radius 3 is 1.62 bits per heavy atom. The summed E-state index contributed by atoms with van der Waals surface area (Å²) in [6.45, 7) is -2.07. The molecule has 3 heterocycles. The van der Waals surface area contributed by atoms with Crippen LogP contribution in [0.15, 0.2) is 0 Å². The molecule has 0 spiro atoms. The summed E-state index contributed by atoms with van der Waals surface area (Å²) in [6.07, 6.45) is -24.9. The van der Waals surface area contributed by atoms with Gasteiger partial charge in [0.2, 0.25) is 0 Å². The fraction of sp³-hybridized carbons (Fsp3) is 1.00. The molecule has 15 atom stereocenters. The first-order valence-electron chi connectivity index (χ1n) is 10.6. The molecule has 0 aromatic carbocycles. The lowest BCUT2D eigenvalue weighted by molar-refractivity contribution is -0.362. The SMILES string of the molecule is OCC1O[C@H](OCC2O[C@@H](O[C@H]3C(O)C(O)[C@H](O)O[C@H]3CO)[C@H](O)C(O)[C@@H]2O)[C@@H](O)C(O)[C@H]1O. The normalized spacial score (nSPS) is 52.5. The van der Waals surface area contributed by atoms with Gasteiger partial charge in [-0.15, -0.1) is 0 Å². The van der Waals surface area contributed by atoms with E-state index < -0.39 is 112 Å². The second kappa shape index (κ2) is 11.6. The van der Waals surface area contributed by atoms with Gasteiger partial charge in [-0.05, 0) is 0 Å². The standard InChI is InChI=1S/C18H32O16/c19-1-4-7(21)9(23)13(27)17(32-4)30-3-6-8(22)10(24)14(28)18(33-6)34-15-5(2-20)31-16(29)12(26)11(15)25/h4-29H,1-3H2/t4?,5-,6?,7-,8+,9?,10?,11?,12?,13-,14+,15+,16+,17-,18-/m0/s1. The van der Waals surface area contributed by atoms with Crippen molar-refractivity contribution in [1.82, 2.24) is 0 Å². The first-order chi connectivity index (χ1) is 16.0. The van der Waals surface area contributed by atoms with Gasteiger partial charge < -0.3 is 79.9 Å². The smallest absolute Gasteiger partial charge is 0.187 e. The Morgan fingerprint density at radius 2 is 1.03 bits per heavy atom. The molecule has 0 saturated carbocycles. The lowest BCUT2D eigenvalue weighted by Gasteiger charge is -2.45. The Labute approximate surface area is 192 Å². The molecule has 34 heavy (non-hydrogen) atoms. The molecule has 3 aliphatic heterocycles. The van der Waals surface area contributed by atoms with Gasteiger partial charge in [-0.1, -0.05) is 0 Å². The van der Waals surface area contributed by atoms with Gasteiger partial charge in [-0.3, -0.25) is 0 Å². The molecule has 3 aliphatic rings. The van der Waals surface area contributed by atoms with Gasteiger partial charge in [0.25, 0.3) is 0 Å². The van der Waals surface area contributed by atoms with Gasteiger partial charge >= 0.3 is 0 Å². The first kappa shape index (κ1) is 27.9. The van der Waals surface area contributed by atoms with E-state index in [1.54, 1.807) is 0 Å². The van der Waals surface area contributed by atoms with Crippen molar-refractivity contribution in [3.63, 3.8) is 0 Å². The van der Waals surface area contributed by atoms with Crippen LogP contribution in [0.25, 0.3) is 0 Å². The molecule has 0 radical (unpaired) electrons. The van der Waals surface area contributed by atoms with E-state index in [0.717, 1.165) is 0 Å². The monoisotopic (exact) mass is 504 g/mol. The zero-order valence-corrected chi connectivity index (χ0v) is 17.7. The van der Waals surface area contributed by atoms with E-state index in [1.807, 2.05) is 0 Å². The largest absolute Gasteiger partial charge is 0.394 e. The van der Waals surface area contributed by atoms with E-state index in [0.29, 0.717) is 0 Å². The number of ether oxygens (including phenoxy) is 5. The highest BCUT2D eigenvalue weighted by atomic mass is 16.7. The highest BCUT2D eigenvalue weighted by Crippen LogP contribution is 2.29. The molecule has 16 nitrogen and oxygen atoms in total. The van der Waals surface area contributed by atoms with Crippen LogP contribution in [0.3, 0.4) is 0 Å². The summed E-state index contributed by atoms with van der Waals surface area (Å²) in [5.74, 6) is 0. The van der Waals surface area contributed by atoms with Crippen molar-refractivity contribution in [2.45, 2.75) is 92.1 Å². The van der Waals surface area contributed by atoms with E-state index >= 15 is 0 Å². The minimum absolute atomic E-state index is 0.609. The number of aliphatic hydroxyl groups excluding tert-OH is 11. The van der Waals surface area contributed by atoms with Gasteiger partial charge in [-0.2, -0.15) is 0 Å². The van der Waals surface area contributed by atoms with Crippen LogP contribution < -0.4 is 0 Å². The van der Waals surface area contributed by atoms with Gasteiger partial charge in [0, 0.05) is 0 Å². The molecular formula is C18H32O16. The minimum Gasteiger partial charge on any atom is -0.394 e. The minimum atomic E-state index is -1.87. The highest BCUT2D eigenvalue weighted by molar-refractivity contribution is 4.94. The molecular weight excluding hydrogens is 472 g/mol. The number of aliphatic hydroxyl groups is 11. The third kappa shape index (κ3) is 5.52. The molecule has 0 bridgehead atoms. The zero-order chi connectivity index (χ0) is 25.3. The van der Waals surface area contributed by atoms with E-state index in [-0.39, 0.29) is 0 Å². The third-order valence-electron chi connectivity index (χ3n) is 6.07. The van der Waals surface area contributed by atoms with Crippen LogP contribution in [-0.2, 0) is 23.7 Å². The van der Waals surface area contributed by atoms with Gasteiger partial charge in [0.15, 0.2) is 18.9 Å². The number of rotatable bonds is 7. The molecule has 11 N–H and O–H groups in total. The molecule has 0 aromatic rings. The molecule has 3 fully saturated rings. The molecule has 3 rings (SSSR count). The van der Waals surface area contributed by atoms with Crippen molar-refractivity contribution in [2.24, 2.45) is 0 Å². The molecule has 3 saturated heterocycles. The summed E-state index contributed by atoms with van der Waals surface area (Å²) in [4.78, 5) is 0. The van der Waals surface area contributed by atoms with Gasteiger partial charge in [0.1, 0.15) is 73.2 Å². The van der Waals surface area contributed by atoms with Crippen LogP contribution in [0.5, 0.6) is 0 Å². The lowest BCUT2D eigenvalue weighted by atomic mass is 9.97. The van der Waals surface area contributed by atoms with Crippen LogP contribution >= 0.6 is 0 Å². The Morgan fingerprint density at radius 1 is 0.500 bits per heavy atom. The maximum Gasteiger partial charge on any atom is 0.187 e. The van der Waals surface area contributed by atoms with Crippen molar-refractivity contribution in [3.8, 4) is 0 Å². The van der Waals surface area contributed by atoms with Crippen LogP contribution in [0.1, 0.15) is 0 Å². The molecule has 6 unspecified atom stereocenters. The average Bonchev–Trinajstić information content (AvgIpc) is 2.82. The van der Waals surface area contributed by atoms with Crippen molar-refractivity contribution in [3.05, 3.63) is 0 Å². The topological polar surface area (TPSA) is 269 Å².